The Kier molecular flexibility index (Phi) is 4.61. The van der Waals surface area contributed by atoms with Gasteiger partial charge in [-0.15, -0.1) is 11.3 Å². The van der Waals surface area contributed by atoms with Gasteiger partial charge in [0.1, 0.15) is 0 Å². The van der Waals surface area contributed by atoms with Crippen molar-refractivity contribution >= 4 is 58.9 Å². The van der Waals surface area contributed by atoms with Gasteiger partial charge in [-0.25, -0.2) is 0 Å². The summed E-state index contributed by atoms with van der Waals surface area (Å²) in [6, 6.07) is 21.9. The van der Waals surface area contributed by atoms with Crippen LogP contribution in [-0.2, 0) is 5.41 Å². The zero-order valence-corrected chi connectivity index (χ0v) is 21.3. The van der Waals surface area contributed by atoms with Gasteiger partial charge in [0.25, 0.3) is 0 Å². The highest BCUT2D eigenvalue weighted by atomic mass is 32.1. The Balaban J connectivity index is 1.87. The molecule has 0 amide bonds. The number of allylic oxidation sites excluding steroid dienone is 5. The van der Waals surface area contributed by atoms with Crippen LogP contribution < -0.4 is 0 Å². The Morgan fingerprint density at radius 3 is 2.47 bits per heavy atom. The van der Waals surface area contributed by atoms with Gasteiger partial charge in [0.2, 0.25) is 0 Å². The van der Waals surface area contributed by atoms with Crippen molar-refractivity contribution in [2.45, 2.75) is 25.7 Å². The molecule has 0 aliphatic heterocycles. The number of rotatable bonds is 1. The minimum atomic E-state index is -0.109. The summed E-state index contributed by atoms with van der Waals surface area (Å²) in [5, 5.41) is 5.27. The number of thiophene rings is 1. The Morgan fingerprint density at radius 2 is 1.64 bits per heavy atom. The van der Waals surface area contributed by atoms with E-state index in [1.807, 2.05) is 23.7 Å². The molecule has 0 saturated heterocycles. The predicted octanol–water partition coefficient (Wildman–Crippen LogP) is 9.35. The van der Waals surface area contributed by atoms with Gasteiger partial charge in [0.05, 0.1) is 11.0 Å². The number of pyridine rings is 1. The largest absolute Gasteiger partial charge is 0.309 e. The highest BCUT2D eigenvalue weighted by Gasteiger charge is 2.33. The zero-order valence-electron chi connectivity index (χ0n) is 20.5. The van der Waals surface area contributed by atoms with Crippen LogP contribution in [-0.4, -0.2) is 9.55 Å². The van der Waals surface area contributed by atoms with Gasteiger partial charge in [-0.1, -0.05) is 81.1 Å². The van der Waals surface area contributed by atoms with Crippen LogP contribution in [0.15, 0.2) is 104 Å². The number of nitrogens with zero attached hydrogens (tertiary/aromatic N) is 2. The summed E-state index contributed by atoms with van der Waals surface area (Å²) in [5.41, 5.74) is 7.23. The molecule has 1 aliphatic rings. The van der Waals surface area contributed by atoms with Crippen molar-refractivity contribution in [3.63, 3.8) is 0 Å². The van der Waals surface area contributed by atoms with Gasteiger partial charge in [-0.2, -0.15) is 0 Å². The Labute approximate surface area is 214 Å². The SMILES string of the molecule is C=C1/C=C\C=C/CC(C)(C)c2c1c1sc3ccccc3c1c1c3ccccc3n(-c3ccncc3)c21. The Bertz CT molecular complexity index is 1890. The average Bonchev–Trinajstić information content (AvgIpc) is 3.44. The first kappa shape index (κ1) is 21.3. The summed E-state index contributed by atoms with van der Waals surface area (Å²) in [6.07, 6.45) is 13.5. The molecule has 0 unspecified atom stereocenters. The fourth-order valence-corrected chi connectivity index (χ4v) is 7.25. The minimum absolute atomic E-state index is 0.109. The third-order valence-electron chi connectivity index (χ3n) is 7.53. The van der Waals surface area contributed by atoms with Crippen LogP contribution >= 0.6 is 11.3 Å². The van der Waals surface area contributed by atoms with E-state index < -0.39 is 0 Å². The molecule has 0 N–H and O–H groups in total. The highest BCUT2D eigenvalue weighted by molar-refractivity contribution is 7.26. The lowest BCUT2D eigenvalue weighted by molar-refractivity contribution is 0.537. The molecule has 0 fully saturated rings. The smallest absolute Gasteiger partial charge is 0.0592 e. The van der Waals surface area contributed by atoms with Crippen molar-refractivity contribution in [1.29, 1.82) is 0 Å². The fourth-order valence-electron chi connectivity index (χ4n) is 5.96. The summed E-state index contributed by atoms with van der Waals surface area (Å²) in [4.78, 5) is 4.32. The van der Waals surface area contributed by atoms with E-state index in [0.29, 0.717) is 0 Å². The van der Waals surface area contributed by atoms with Gasteiger partial charge in [0, 0.05) is 54.6 Å². The third-order valence-corrected chi connectivity index (χ3v) is 8.71. The van der Waals surface area contributed by atoms with E-state index >= 15 is 0 Å². The van der Waals surface area contributed by atoms with E-state index in [-0.39, 0.29) is 5.41 Å². The van der Waals surface area contributed by atoms with Crippen molar-refractivity contribution in [3.05, 3.63) is 115 Å². The number of fused-ring (bicyclic) bond motifs is 10. The van der Waals surface area contributed by atoms with Crippen molar-refractivity contribution in [2.75, 3.05) is 0 Å². The minimum Gasteiger partial charge on any atom is -0.309 e. The van der Waals surface area contributed by atoms with Crippen molar-refractivity contribution in [2.24, 2.45) is 0 Å². The zero-order chi connectivity index (χ0) is 24.4. The molecule has 2 nitrogen and oxygen atoms in total. The van der Waals surface area contributed by atoms with Crippen LogP contribution in [0.5, 0.6) is 0 Å². The van der Waals surface area contributed by atoms with Crippen LogP contribution in [0.3, 0.4) is 0 Å². The van der Waals surface area contributed by atoms with Gasteiger partial charge >= 0.3 is 0 Å². The molecule has 3 aromatic carbocycles. The topological polar surface area (TPSA) is 17.8 Å². The Hall–Kier alpha value is -3.95. The maximum absolute atomic E-state index is 4.61. The standard InChI is InChI=1S/C33H26N2S/c1-21-11-5-4-10-18-33(2,3)30-27(21)32-29(24-13-7-9-15-26(24)36-32)28-23-12-6-8-14-25(23)35(31(28)30)22-16-19-34-20-17-22/h4-17,19-20H,1,18H2,2-3H3/b10-4-,11-5-. The summed E-state index contributed by atoms with van der Waals surface area (Å²) >= 11 is 1.90. The lowest BCUT2D eigenvalue weighted by Crippen LogP contribution is -2.20. The molecule has 0 spiro atoms. The summed E-state index contributed by atoms with van der Waals surface area (Å²) in [6.45, 7) is 9.37. The molecule has 3 aromatic heterocycles. The first-order valence-electron chi connectivity index (χ1n) is 12.4. The molecule has 7 rings (SSSR count). The molecule has 0 radical (unpaired) electrons. The molecule has 174 valence electrons. The fraction of sp³-hybridized carbons (Fsp3) is 0.121. The van der Waals surface area contributed by atoms with Crippen LogP contribution in [0.2, 0.25) is 0 Å². The number of hydrogen-bond donors (Lipinski definition) is 0. The molecule has 1 aliphatic carbocycles. The average molecular weight is 483 g/mol. The molecular formula is C33H26N2S. The van der Waals surface area contributed by atoms with Crippen LogP contribution in [0.1, 0.15) is 31.4 Å². The van der Waals surface area contributed by atoms with E-state index in [1.54, 1.807) is 0 Å². The van der Waals surface area contributed by atoms with E-state index in [4.69, 9.17) is 0 Å². The van der Waals surface area contributed by atoms with E-state index in [2.05, 4.69) is 115 Å². The monoisotopic (exact) mass is 482 g/mol. The maximum atomic E-state index is 4.61. The number of hydrogen-bond acceptors (Lipinski definition) is 2. The molecule has 0 bridgehead atoms. The van der Waals surface area contributed by atoms with E-state index in [0.717, 1.165) is 17.7 Å². The molecule has 0 atom stereocenters. The predicted molar refractivity (Wildman–Crippen MR) is 156 cm³/mol. The third kappa shape index (κ3) is 2.93. The van der Waals surface area contributed by atoms with Crippen LogP contribution in [0, 0.1) is 0 Å². The quantitative estimate of drug-likeness (QED) is 0.228. The summed E-state index contributed by atoms with van der Waals surface area (Å²) in [5.74, 6) is 0. The lowest BCUT2D eigenvalue weighted by Gasteiger charge is -2.29. The highest BCUT2D eigenvalue weighted by Crippen LogP contribution is 2.52. The number of benzene rings is 3. The first-order chi connectivity index (χ1) is 17.6. The summed E-state index contributed by atoms with van der Waals surface area (Å²) in [7, 11) is 0. The van der Waals surface area contributed by atoms with Crippen molar-refractivity contribution in [3.8, 4) is 5.69 Å². The van der Waals surface area contributed by atoms with Crippen molar-refractivity contribution in [1.82, 2.24) is 9.55 Å². The molecule has 0 saturated carbocycles. The van der Waals surface area contributed by atoms with Gasteiger partial charge in [-0.3, -0.25) is 4.98 Å². The van der Waals surface area contributed by atoms with Crippen LogP contribution in [0.4, 0.5) is 0 Å². The number of para-hydroxylation sites is 1. The molecule has 36 heavy (non-hydrogen) atoms. The second-order valence-corrected chi connectivity index (χ2v) is 11.3. The van der Waals surface area contributed by atoms with Crippen molar-refractivity contribution < 1.29 is 0 Å². The lowest BCUT2D eigenvalue weighted by atomic mass is 9.76. The van der Waals surface area contributed by atoms with E-state index in [1.165, 1.54) is 53.1 Å². The molecule has 6 aromatic rings. The second-order valence-electron chi connectivity index (χ2n) is 10.2. The molecule has 3 heteroatoms. The summed E-state index contributed by atoms with van der Waals surface area (Å²) < 4.78 is 5.11. The second kappa shape index (κ2) is 7.78. The maximum Gasteiger partial charge on any atom is 0.0592 e. The van der Waals surface area contributed by atoms with Crippen LogP contribution in [0.25, 0.3) is 53.2 Å². The normalized spacial score (nSPS) is 17.2. The molecular weight excluding hydrogens is 456 g/mol. The van der Waals surface area contributed by atoms with Gasteiger partial charge in [0.15, 0.2) is 0 Å². The van der Waals surface area contributed by atoms with Gasteiger partial charge in [-0.05, 0) is 47.2 Å². The van der Waals surface area contributed by atoms with E-state index in [9.17, 15) is 0 Å². The first-order valence-corrected chi connectivity index (χ1v) is 13.2. The van der Waals surface area contributed by atoms with Gasteiger partial charge < -0.3 is 4.57 Å². The number of aromatic nitrogens is 2. The molecule has 3 heterocycles. The Morgan fingerprint density at radius 1 is 0.889 bits per heavy atom.